The van der Waals surface area contributed by atoms with Crippen LogP contribution >= 0.6 is 15.9 Å². The van der Waals surface area contributed by atoms with E-state index in [4.69, 9.17) is 5.11 Å². The standard InChI is InChI=1S/C10H9BrO3S/c11-9-4-3-7(5-8(9)10(12)13)15(14)6-1-2-6/h3-6H,1-2H2,(H,12,13). The molecule has 0 spiro atoms. The first-order valence-corrected chi connectivity index (χ1v) is 6.53. The van der Waals surface area contributed by atoms with E-state index in [2.05, 4.69) is 15.9 Å². The van der Waals surface area contributed by atoms with Crippen molar-refractivity contribution in [3.05, 3.63) is 28.2 Å². The van der Waals surface area contributed by atoms with Crippen molar-refractivity contribution in [1.82, 2.24) is 0 Å². The van der Waals surface area contributed by atoms with Crippen LogP contribution in [0.4, 0.5) is 0 Å². The van der Waals surface area contributed by atoms with Gasteiger partial charge in [0.15, 0.2) is 0 Å². The summed E-state index contributed by atoms with van der Waals surface area (Å²) in [4.78, 5) is 11.5. The van der Waals surface area contributed by atoms with Gasteiger partial charge in [0.25, 0.3) is 0 Å². The third kappa shape index (κ3) is 2.29. The van der Waals surface area contributed by atoms with Gasteiger partial charge in [-0.25, -0.2) is 4.79 Å². The van der Waals surface area contributed by atoms with Gasteiger partial charge in [-0.1, -0.05) is 0 Å². The molecule has 2 rings (SSSR count). The molecule has 0 aliphatic heterocycles. The zero-order valence-corrected chi connectivity index (χ0v) is 10.2. The highest BCUT2D eigenvalue weighted by atomic mass is 79.9. The lowest BCUT2D eigenvalue weighted by atomic mass is 10.2. The second-order valence-corrected chi connectivity index (χ2v) is 6.03. The van der Waals surface area contributed by atoms with E-state index in [9.17, 15) is 9.00 Å². The number of carbonyl (C=O) groups is 1. The second kappa shape index (κ2) is 4.06. The lowest BCUT2D eigenvalue weighted by Gasteiger charge is -2.03. The Morgan fingerprint density at radius 3 is 2.67 bits per heavy atom. The topological polar surface area (TPSA) is 54.4 Å². The van der Waals surface area contributed by atoms with Crippen molar-refractivity contribution in [2.24, 2.45) is 0 Å². The fourth-order valence-electron chi connectivity index (χ4n) is 1.27. The molecule has 0 heterocycles. The summed E-state index contributed by atoms with van der Waals surface area (Å²) in [6.07, 6.45) is 1.95. The molecule has 1 atom stereocenters. The molecule has 3 nitrogen and oxygen atoms in total. The molecule has 0 amide bonds. The van der Waals surface area contributed by atoms with Crippen LogP contribution in [0.2, 0.25) is 0 Å². The number of carboxylic acid groups (broad SMARTS) is 1. The van der Waals surface area contributed by atoms with Crippen molar-refractivity contribution in [3.8, 4) is 0 Å². The smallest absolute Gasteiger partial charge is 0.336 e. The summed E-state index contributed by atoms with van der Waals surface area (Å²) < 4.78 is 12.3. The van der Waals surface area contributed by atoms with E-state index in [1.165, 1.54) is 6.07 Å². The number of carboxylic acids is 1. The van der Waals surface area contributed by atoms with E-state index in [0.717, 1.165) is 12.8 Å². The first-order chi connectivity index (χ1) is 7.09. The van der Waals surface area contributed by atoms with Crippen LogP contribution in [0.15, 0.2) is 27.6 Å². The Morgan fingerprint density at radius 2 is 2.13 bits per heavy atom. The Morgan fingerprint density at radius 1 is 1.47 bits per heavy atom. The second-order valence-electron chi connectivity index (χ2n) is 3.44. The fourth-order valence-corrected chi connectivity index (χ4v) is 3.07. The summed E-state index contributed by atoms with van der Waals surface area (Å²) in [7, 11) is -1.04. The molecule has 0 saturated heterocycles. The lowest BCUT2D eigenvalue weighted by Crippen LogP contribution is -2.02. The van der Waals surface area contributed by atoms with Crippen LogP contribution < -0.4 is 0 Å². The number of rotatable bonds is 3. The number of aromatic carboxylic acids is 1. The van der Waals surface area contributed by atoms with E-state index < -0.39 is 16.8 Å². The third-order valence-corrected chi connectivity index (χ3v) is 4.71. The van der Waals surface area contributed by atoms with E-state index in [1.54, 1.807) is 12.1 Å². The molecule has 1 saturated carbocycles. The zero-order valence-electron chi connectivity index (χ0n) is 7.77. The fraction of sp³-hybridized carbons (Fsp3) is 0.300. The number of halogens is 1. The highest BCUT2D eigenvalue weighted by molar-refractivity contribution is 9.10. The molecule has 1 N–H and O–H groups in total. The molecule has 1 aromatic rings. The van der Waals surface area contributed by atoms with Gasteiger partial charge in [-0.05, 0) is 47.0 Å². The molecular formula is C10H9BrO3S. The molecule has 15 heavy (non-hydrogen) atoms. The predicted molar refractivity (Wildman–Crippen MR) is 60.5 cm³/mol. The minimum absolute atomic E-state index is 0.168. The van der Waals surface area contributed by atoms with Crippen LogP contribution in [-0.2, 0) is 10.8 Å². The van der Waals surface area contributed by atoms with Crippen LogP contribution in [0.1, 0.15) is 23.2 Å². The van der Waals surface area contributed by atoms with Gasteiger partial charge in [-0.2, -0.15) is 0 Å². The Bertz CT molecular complexity index is 440. The van der Waals surface area contributed by atoms with Gasteiger partial charge in [0, 0.05) is 14.6 Å². The van der Waals surface area contributed by atoms with Gasteiger partial charge in [-0.15, -0.1) is 0 Å². The Labute approximate surface area is 98.1 Å². The summed E-state index contributed by atoms with van der Waals surface area (Å²) in [6.45, 7) is 0. The monoisotopic (exact) mass is 288 g/mol. The van der Waals surface area contributed by atoms with Crippen molar-refractivity contribution >= 4 is 32.7 Å². The average molecular weight is 289 g/mol. The zero-order chi connectivity index (χ0) is 11.0. The van der Waals surface area contributed by atoms with Crippen LogP contribution in [0.3, 0.4) is 0 Å². The first-order valence-electron chi connectivity index (χ1n) is 4.53. The maximum atomic E-state index is 11.8. The van der Waals surface area contributed by atoms with E-state index in [-0.39, 0.29) is 10.8 Å². The summed E-state index contributed by atoms with van der Waals surface area (Å²) in [5.41, 5.74) is 0.168. The van der Waals surface area contributed by atoms with Crippen molar-refractivity contribution in [2.45, 2.75) is 23.0 Å². The van der Waals surface area contributed by atoms with Gasteiger partial charge >= 0.3 is 5.97 Å². The Hall–Kier alpha value is -0.680. The molecule has 1 unspecified atom stereocenters. The molecule has 1 aliphatic rings. The van der Waals surface area contributed by atoms with Crippen LogP contribution in [-0.4, -0.2) is 20.5 Å². The van der Waals surface area contributed by atoms with Gasteiger partial charge < -0.3 is 5.11 Å². The normalized spacial score (nSPS) is 17.4. The maximum absolute atomic E-state index is 11.8. The first kappa shape index (κ1) is 10.8. The quantitative estimate of drug-likeness (QED) is 0.929. The summed E-state index contributed by atoms with van der Waals surface area (Å²) in [6, 6.07) is 4.84. The summed E-state index contributed by atoms with van der Waals surface area (Å²) in [5, 5.41) is 9.13. The molecule has 1 aliphatic carbocycles. The van der Waals surface area contributed by atoms with Crippen molar-refractivity contribution in [3.63, 3.8) is 0 Å². The third-order valence-electron chi connectivity index (χ3n) is 2.23. The van der Waals surface area contributed by atoms with E-state index in [0.29, 0.717) is 9.37 Å². The Kier molecular flexibility index (Phi) is 2.93. The van der Waals surface area contributed by atoms with Gasteiger partial charge in [0.2, 0.25) is 0 Å². The van der Waals surface area contributed by atoms with Crippen molar-refractivity contribution in [1.29, 1.82) is 0 Å². The highest BCUT2D eigenvalue weighted by Crippen LogP contribution is 2.31. The molecule has 1 fully saturated rings. The SMILES string of the molecule is O=C(O)c1cc(S(=O)C2CC2)ccc1Br. The number of benzene rings is 1. The van der Waals surface area contributed by atoms with Crippen molar-refractivity contribution in [2.75, 3.05) is 0 Å². The molecule has 80 valence electrons. The predicted octanol–water partition coefficient (Wildman–Crippen LogP) is 2.42. The minimum atomic E-state index is -1.04. The Balaban J connectivity index is 2.37. The van der Waals surface area contributed by atoms with Crippen molar-refractivity contribution < 1.29 is 14.1 Å². The molecule has 0 aromatic heterocycles. The van der Waals surface area contributed by atoms with Crippen LogP contribution in [0, 0.1) is 0 Å². The molecule has 5 heteroatoms. The summed E-state index contributed by atoms with van der Waals surface area (Å²) >= 11 is 3.15. The van der Waals surface area contributed by atoms with Gasteiger partial charge in [-0.3, -0.25) is 4.21 Å². The summed E-state index contributed by atoms with van der Waals surface area (Å²) in [5.74, 6) is -1.00. The molecular weight excluding hydrogens is 280 g/mol. The average Bonchev–Trinajstić information content (AvgIpc) is 3.00. The van der Waals surface area contributed by atoms with E-state index >= 15 is 0 Å². The van der Waals surface area contributed by atoms with Crippen LogP contribution in [0.5, 0.6) is 0 Å². The number of hydrogen-bond donors (Lipinski definition) is 1. The maximum Gasteiger partial charge on any atom is 0.336 e. The molecule has 1 aromatic carbocycles. The highest BCUT2D eigenvalue weighted by Gasteiger charge is 2.29. The lowest BCUT2D eigenvalue weighted by molar-refractivity contribution is 0.0695. The molecule has 0 bridgehead atoms. The van der Waals surface area contributed by atoms with Gasteiger partial charge in [0.1, 0.15) is 0 Å². The molecule has 0 radical (unpaired) electrons. The van der Waals surface area contributed by atoms with Gasteiger partial charge in [0.05, 0.1) is 16.4 Å². The number of hydrogen-bond acceptors (Lipinski definition) is 2. The van der Waals surface area contributed by atoms with E-state index in [1.807, 2.05) is 0 Å². The van der Waals surface area contributed by atoms with Crippen LogP contribution in [0.25, 0.3) is 0 Å². The minimum Gasteiger partial charge on any atom is -0.478 e. The largest absolute Gasteiger partial charge is 0.478 e.